The Hall–Kier alpha value is -0.910. The molecule has 0 aliphatic heterocycles. The van der Waals surface area contributed by atoms with Crippen LogP contribution in [0.4, 0.5) is 0 Å². The second kappa shape index (κ2) is 6.14. The molecule has 96 valence electrons. The summed E-state index contributed by atoms with van der Waals surface area (Å²) in [6, 6.07) is 6.59. The summed E-state index contributed by atoms with van der Waals surface area (Å²) in [5.41, 5.74) is 6.55. The number of sulfonamides is 1. The van der Waals surface area contributed by atoms with Crippen molar-refractivity contribution in [3.63, 3.8) is 0 Å². The Morgan fingerprint density at radius 1 is 1.41 bits per heavy atom. The summed E-state index contributed by atoms with van der Waals surface area (Å²) in [6.07, 6.45) is 1.80. The first-order chi connectivity index (χ1) is 7.97. The van der Waals surface area contributed by atoms with Crippen LogP contribution in [0.25, 0.3) is 0 Å². The van der Waals surface area contributed by atoms with Gasteiger partial charge >= 0.3 is 0 Å². The van der Waals surface area contributed by atoms with Gasteiger partial charge in [-0.2, -0.15) is 0 Å². The molecule has 5 heteroatoms. The standard InChI is InChI=1S/C12H20N2O2S/c1-3-4-8-14-17(15,16)12-7-5-6-11(9-12)10(2)13/h5-7,9-10,14H,3-4,8,13H2,1-2H3. The molecule has 0 aromatic heterocycles. The first-order valence-electron chi connectivity index (χ1n) is 5.82. The van der Waals surface area contributed by atoms with E-state index in [1.165, 1.54) is 0 Å². The van der Waals surface area contributed by atoms with E-state index in [2.05, 4.69) is 4.72 Å². The van der Waals surface area contributed by atoms with Gasteiger partial charge in [-0.15, -0.1) is 0 Å². The minimum atomic E-state index is -3.39. The Bertz CT molecular complexity index is 455. The van der Waals surface area contributed by atoms with Gasteiger partial charge in [-0.25, -0.2) is 13.1 Å². The van der Waals surface area contributed by atoms with Crippen molar-refractivity contribution in [3.8, 4) is 0 Å². The quantitative estimate of drug-likeness (QED) is 0.762. The molecule has 0 heterocycles. The molecule has 1 atom stereocenters. The Balaban J connectivity index is 2.87. The lowest BCUT2D eigenvalue weighted by Gasteiger charge is -2.09. The van der Waals surface area contributed by atoms with Gasteiger partial charge in [0.2, 0.25) is 10.0 Å². The molecule has 3 N–H and O–H groups in total. The number of benzene rings is 1. The number of rotatable bonds is 6. The van der Waals surface area contributed by atoms with Crippen LogP contribution in [0.15, 0.2) is 29.2 Å². The predicted octanol–water partition coefficient (Wildman–Crippen LogP) is 1.78. The van der Waals surface area contributed by atoms with Gasteiger partial charge in [0.1, 0.15) is 0 Å². The van der Waals surface area contributed by atoms with Crippen LogP contribution in [0.3, 0.4) is 0 Å². The van der Waals surface area contributed by atoms with Crippen LogP contribution in [0.1, 0.15) is 38.3 Å². The molecule has 0 saturated heterocycles. The van der Waals surface area contributed by atoms with Crippen molar-refractivity contribution in [1.29, 1.82) is 0 Å². The third-order valence-electron chi connectivity index (χ3n) is 2.52. The van der Waals surface area contributed by atoms with Gasteiger partial charge in [0.25, 0.3) is 0 Å². The molecule has 17 heavy (non-hydrogen) atoms. The lowest BCUT2D eigenvalue weighted by Crippen LogP contribution is -2.25. The first-order valence-corrected chi connectivity index (χ1v) is 7.31. The van der Waals surface area contributed by atoms with E-state index in [0.29, 0.717) is 6.54 Å². The van der Waals surface area contributed by atoms with Crippen molar-refractivity contribution in [2.45, 2.75) is 37.6 Å². The highest BCUT2D eigenvalue weighted by atomic mass is 32.2. The zero-order valence-electron chi connectivity index (χ0n) is 10.3. The van der Waals surface area contributed by atoms with Crippen molar-refractivity contribution in [1.82, 2.24) is 4.72 Å². The van der Waals surface area contributed by atoms with Crippen LogP contribution in [0.5, 0.6) is 0 Å². The predicted molar refractivity (Wildman–Crippen MR) is 69.1 cm³/mol. The maximum atomic E-state index is 11.9. The monoisotopic (exact) mass is 256 g/mol. The zero-order valence-corrected chi connectivity index (χ0v) is 11.1. The van der Waals surface area contributed by atoms with E-state index in [-0.39, 0.29) is 10.9 Å². The molecular formula is C12H20N2O2S. The SMILES string of the molecule is CCCCNS(=O)(=O)c1cccc(C(C)N)c1. The first kappa shape index (κ1) is 14.2. The fourth-order valence-corrected chi connectivity index (χ4v) is 2.56. The molecule has 0 spiro atoms. The second-order valence-corrected chi connectivity index (χ2v) is 5.88. The van der Waals surface area contributed by atoms with Crippen molar-refractivity contribution >= 4 is 10.0 Å². The van der Waals surface area contributed by atoms with Crippen LogP contribution in [0.2, 0.25) is 0 Å². The van der Waals surface area contributed by atoms with Gasteiger partial charge in [0, 0.05) is 12.6 Å². The van der Waals surface area contributed by atoms with E-state index in [1.807, 2.05) is 19.9 Å². The molecule has 1 unspecified atom stereocenters. The maximum absolute atomic E-state index is 11.9. The summed E-state index contributed by atoms with van der Waals surface area (Å²) in [6.45, 7) is 4.32. The van der Waals surface area contributed by atoms with E-state index < -0.39 is 10.0 Å². The summed E-state index contributed by atoms with van der Waals surface area (Å²) >= 11 is 0. The van der Waals surface area contributed by atoms with Crippen LogP contribution < -0.4 is 10.5 Å². The summed E-state index contributed by atoms with van der Waals surface area (Å²) in [7, 11) is -3.39. The molecule has 0 fully saturated rings. The largest absolute Gasteiger partial charge is 0.324 e. The molecule has 0 radical (unpaired) electrons. The smallest absolute Gasteiger partial charge is 0.240 e. The van der Waals surface area contributed by atoms with Crippen molar-refractivity contribution in [2.75, 3.05) is 6.54 Å². The van der Waals surface area contributed by atoms with Gasteiger partial charge in [-0.05, 0) is 31.0 Å². The molecule has 0 bridgehead atoms. The van der Waals surface area contributed by atoms with Gasteiger partial charge in [0.05, 0.1) is 4.90 Å². The van der Waals surface area contributed by atoms with E-state index in [9.17, 15) is 8.42 Å². The third-order valence-corrected chi connectivity index (χ3v) is 3.98. The normalized spacial score (nSPS) is 13.6. The molecule has 0 amide bonds. The molecule has 4 nitrogen and oxygen atoms in total. The number of hydrogen-bond acceptors (Lipinski definition) is 3. The number of hydrogen-bond donors (Lipinski definition) is 2. The molecule has 0 saturated carbocycles. The highest BCUT2D eigenvalue weighted by molar-refractivity contribution is 7.89. The lowest BCUT2D eigenvalue weighted by molar-refractivity contribution is 0.578. The van der Waals surface area contributed by atoms with Crippen LogP contribution in [-0.4, -0.2) is 15.0 Å². The third kappa shape index (κ3) is 4.11. The average Bonchev–Trinajstić information content (AvgIpc) is 2.29. The minimum absolute atomic E-state index is 0.166. The van der Waals surface area contributed by atoms with Gasteiger partial charge in [0.15, 0.2) is 0 Å². The van der Waals surface area contributed by atoms with Crippen LogP contribution >= 0.6 is 0 Å². The minimum Gasteiger partial charge on any atom is -0.324 e. The maximum Gasteiger partial charge on any atom is 0.240 e. The second-order valence-electron chi connectivity index (χ2n) is 4.11. The van der Waals surface area contributed by atoms with E-state index in [0.717, 1.165) is 18.4 Å². The number of unbranched alkanes of at least 4 members (excludes halogenated alkanes) is 1. The molecule has 0 aliphatic carbocycles. The Labute approximate surface area is 103 Å². The van der Waals surface area contributed by atoms with Crippen LogP contribution in [0, 0.1) is 0 Å². The number of nitrogens with one attached hydrogen (secondary N) is 1. The topological polar surface area (TPSA) is 72.2 Å². The van der Waals surface area contributed by atoms with Crippen LogP contribution in [-0.2, 0) is 10.0 Å². The summed E-state index contributed by atoms with van der Waals surface area (Å²) in [4.78, 5) is 0.281. The molecule has 0 aliphatic rings. The molecule has 1 rings (SSSR count). The number of nitrogens with two attached hydrogens (primary N) is 1. The Kier molecular flexibility index (Phi) is 5.11. The Morgan fingerprint density at radius 2 is 2.12 bits per heavy atom. The van der Waals surface area contributed by atoms with E-state index in [4.69, 9.17) is 5.73 Å². The fraction of sp³-hybridized carbons (Fsp3) is 0.500. The summed E-state index contributed by atoms with van der Waals surface area (Å²) in [5.74, 6) is 0. The van der Waals surface area contributed by atoms with E-state index >= 15 is 0 Å². The van der Waals surface area contributed by atoms with Gasteiger partial charge in [-0.3, -0.25) is 0 Å². The average molecular weight is 256 g/mol. The highest BCUT2D eigenvalue weighted by Gasteiger charge is 2.14. The Morgan fingerprint density at radius 3 is 2.71 bits per heavy atom. The van der Waals surface area contributed by atoms with Gasteiger partial charge in [-0.1, -0.05) is 25.5 Å². The van der Waals surface area contributed by atoms with Gasteiger partial charge < -0.3 is 5.73 Å². The fourth-order valence-electron chi connectivity index (χ4n) is 1.43. The van der Waals surface area contributed by atoms with Crippen molar-refractivity contribution in [3.05, 3.63) is 29.8 Å². The molecular weight excluding hydrogens is 236 g/mol. The zero-order chi connectivity index (χ0) is 12.9. The van der Waals surface area contributed by atoms with Crippen molar-refractivity contribution < 1.29 is 8.42 Å². The van der Waals surface area contributed by atoms with Crippen molar-refractivity contribution in [2.24, 2.45) is 5.73 Å². The summed E-state index contributed by atoms with van der Waals surface area (Å²) < 4.78 is 26.4. The lowest BCUT2D eigenvalue weighted by atomic mass is 10.1. The molecule has 1 aromatic carbocycles. The summed E-state index contributed by atoms with van der Waals surface area (Å²) in [5, 5.41) is 0. The highest BCUT2D eigenvalue weighted by Crippen LogP contribution is 2.15. The molecule has 1 aromatic rings. The van der Waals surface area contributed by atoms with E-state index in [1.54, 1.807) is 18.2 Å².